The SMILES string of the molecule is O=C(O)c1cccc(-c2cccc(N=Nc3c(O)n(-c4ccc(Cl)c(Cl)c4)c4cc(C(F)(F)F)ccc34)c2O)c1. The first-order valence-electron chi connectivity index (χ1n) is 11.4. The molecule has 7 nitrogen and oxygen atoms in total. The smallest absolute Gasteiger partial charge is 0.416 e. The third-order valence-electron chi connectivity index (χ3n) is 6.10. The molecule has 202 valence electrons. The van der Waals surface area contributed by atoms with E-state index in [1.807, 2.05) is 0 Å². The summed E-state index contributed by atoms with van der Waals surface area (Å²) in [5, 5.41) is 39.9. The summed E-state index contributed by atoms with van der Waals surface area (Å²) in [7, 11) is 0. The Morgan fingerprint density at radius 3 is 2.30 bits per heavy atom. The van der Waals surface area contributed by atoms with Crippen LogP contribution in [0.2, 0.25) is 10.0 Å². The van der Waals surface area contributed by atoms with Gasteiger partial charge in [0, 0.05) is 10.9 Å². The monoisotopic (exact) mass is 585 g/mol. The van der Waals surface area contributed by atoms with E-state index in [1.165, 1.54) is 42.5 Å². The molecular formula is C28H16Cl2F3N3O4. The first kappa shape index (κ1) is 27.0. The summed E-state index contributed by atoms with van der Waals surface area (Å²) in [6.45, 7) is 0. The maximum Gasteiger partial charge on any atom is 0.416 e. The second kappa shape index (κ2) is 10.2. The van der Waals surface area contributed by atoms with Crippen molar-refractivity contribution in [2.45, 2.75) is 6.18 Å². The predicted molar refractivity (Wildman–Crippen MR) is 145 cm³/mol. The molecule has 4 aromatic carbocycles. The molecule has 0 fully saturated rings. The van der Waals surface area contributed by atoms with E-state index in [0.29, 0.717) is 5.56 Å². The second-order valence-corrected chi connectivity index (χ2v) is 9.41. The number of carboxylic acids is 1. The van der Waals surface area contributed by atoms with Crippen LogP contribution in [0.5, 0.6) is 11.6 Å². The maximum atomic E-state index is 13.5. The minimum absolute atomic E-state index is 0.0159. The summed E-state index contributed by atoms with van der Waals surface area (Å²) in [6, 6.07) is 17.6. The number of fused-ring (bicyclic) bond motifs is 1. The summed E-state index contributed by atoms with van der Waals surface area (Å²) < 4.78 is 41.7. The van der Waals surface area contributed by atoms with Crippen LogP contribution < -0.4 is 0 Å². The van der Waals surface area contributed by atoms with Crippen molar-refractivity contribution in [1.29, 1.82) is 0 Å². The Morgan fingerprint density at radius 1 is 0.850 bits per heavy atom. The van der Waals surface area contributed by atoms with Gasteiger partial charge >= 0.3 is 12.1 Å². The molecule has 1 heterocycles. The fourth-order valence-corrected chi connectivity index (χ4v) is 4.48. The fourth-order valence-electron chi connectivity index (χ4n) is 4.19. The normalized spacial score (nSPS) is 11.9. The molecule has 5 aromatic rings. The number of carboxylic acid groups (broad SMARTS) is 1. The van der Waals surface area contributed by atoms with Crippen molar-refractivity contribution < 1.29 is 33.3 Å². The molecule has 0 aliphatic carbocycles. The number of azo groups is 1. The van der Waals surface area contributed by atoms with E-state index in [9.17, 15) is 33.3 Å². The van der Waals surface area contributed by atoms with Gasteiger partial charge in [0.2, 0.25) is 5.88 Å². The molecule has 0 amide bonds. The number of phenols is 1. The molecule has 0 spiro atoms. The van der Waals surface area contributed by atoms with Gasteiger partial charge < -0.3 is 15.3 Å². The first-order valence-corrected chi connectivity index (χ1v) is 12.2. The van der Waals surface area contributed by atoms with Crippen LogP contribution in [0.4, 0.5) is 24.5 Å². The average molecular weight is 586 g/mol. The van der Waals surface area contributed by atoms with Crippen LogP contribution in [0.15, 0.2) is 89.1 Å². The minimum atomic E-state index is -4.65. The number of aromatic hydroxyl groups is 2. The molecule has 0 saturated heterocycles. The Bertz CT molecular complexity index is 1830. The van der Waals surface area contributed by atoms with Crippen molar-refractivity contribution in [2.24, 2.45) is 10.2 Å². The van der Waals surface area contributed by atoms with E-state index < -0.39 is 23.6 Å². The molecule has 3 N–H and O–H groups in total. The molecule has 0 radical (unpaired) electrons. The van der Waals surface area contributed by atoms with Crippen molar-refractivity contribution in [2.75, 3.05) is 0 Å². The standard InChI is InChI=1S/C28H16Cl2F3N3O4/c29-20-10-8-17(13-21(20)30)36-23-12-16(28(31,32)33)7-9-19(23)24(26(36)38)35-34-22-6-2-5-18(25(22)37)14-3-1-4-15(11-14)27(39)40/h1-13,37-38H,(H,39,40). The number of rotatable bonds is 5. The maximum absolute atomic E-state index is 13.5. The summed E-state index contributed by atoms with van der Waals surface area (Å²) >= 11 is 12.1. The molecule has 0 aliphatic heterocycles. The zero-order valence-electron chi connectivity index (χ0n) is 20.0. The van der Waals surface area contributed by atoms with Crippen LogP contribution in [0.25, 0.3) is 27.7 Å². The summed E-state index contributed by atoms with van der Waals surface area (Å²) in [4.78, 5) is 11.4. The van der Waals surface area contributed by atoms with E-state index in [-0.39, 0.29) is 54.9 Å². The summed E-state index contributed by atoms with van der Waals surface area (Å²) in [6.07, 6.45) is -4.65. The number of aromatic carboxylic acids is 1. The van der Waals surface area contributed by atoms with Crippen LogP contribution in [-0.4, -0.2) is 25.9 Å². The molecule has 0 unspecified atom stereocenters. The van der Waals surface area contributed by atoms with Gasteiger partial charge in [-0.05, 0) is 60.2 Å². The van der Waals surface area contributed by atoms with Crippen molar-refractivity contribution in [3.63, 3.8) is 0 Å². The van der Waals surface area contributed by atoms with Crippen LogP contribution in [0.3, 0.4) is 0 Å². The van der Waals surface area contributed by atoms with Gasteiger partial charge in [-0.2, -0.15) is 13.2 Å². The van der Waals surface area contributed by atoms with Crippen LogP contribution >= 0.6 is 23.2 Å². The van der Waals surface area contributed by atoms with Gasteiger partial charge in [0.25, 0.3) is 0 Å². The van der Waals surface area contributed by atoms with Gasteiger partial charge in [0.05, 0.1) is 32.4 Å². The van der Waals surface area contributed by atoms with Gasteiger partial charge in [-0.3, -0.25) is 4.57 Å². The quantitative estimate of drug-likeness (QED) is 0.179. The first-order chi connectivity index (χ1) is 19.0. The van der Waals surface area contributed by atoms with Gasteiger partial charge in [-0.15, -0.1) is 10.2 Å². The molecule has 0 bridgehead atoms. The number of carbonyl (C=O) groups is 1. The Morgan fingerprint density at radius 2 is 1.60 bits per heavy atom. The number of alkyl halides is 3. The number of nitrogens with zero attached hydrogens (tertiary/aromatic N) is 3. The highest BCUT2D eigenvalue weighted by Gasteiger charge is 2.32. The van der Waals surface area contributed by atoms with Crippen molar-refractivity contribution in [3.8, 4) is 28.4 Å². The van der Waals surface area contributed by atoms with E-state index in [1.54, 1.807) is 18.2 Å². The Hall–Kier alpha value is -4.54. The van der Waals surface area contributed by atoms with E-state index in [2.05, 4.69) is 10.2 Å². The molecular weight excluding hydrogens is 570 g/mol. The molecule has 0 aliphatic rings. The Kier molecular flexibility index (Phi) is 6.91. The van der Waals surface area contributed by atoms with E-state index in [4.69, 9.17) is 23.2 Å². The van der Waals surface area contributed by atoms with Crippen molar-refractivity contribution in [1.82, 2.24) is 4.57 Å². The minimum Gasteiger partial charge on any atom is -0.505 e. The van der Waals surface area contributed by atoms with Gasteiger partial charge in [0.15, 0.2) is 11.4 Å². The lowest BCUT2D eigenvalue weighted by Crippen LogP contribution is -2.05. The number of hydrogen-bond acceptors (Lipinski definition) is 5. The predicted octanol–water partition coefficient (Wildman–Crippen LogP) is 9.15. The number of hydrogen-bond donors (Lipinski definition) is 3. The van der Waals surface area contributed by atoms with E-state index in [0.717, 1.165) is 22.8 Å². The van der Waals surface area contributed by atoms with E-state index >= 15 is 0 Å². The van der Waals surface area contributed by atoms with Crippen molar-refractivity contribution in [3.05, 3.63) is 100 Å². The zero-order chi connectivity index (χ0) is 28.8. The van der Waals surface area contributed by atoms with Gasteiger partial charge in [0.1, 0.15) is 5.69 Å². The largest absolute Gasteiger partial charge is 0.505 e. The highest BCUT2D eigenvalue weighted by molar-refractivity contribution is 6.42. The molecule has 0 atom stereocenters. The number of benzene rings is 4. The lowest BCUT2D eigenvalue weighted by Gasteiger charge is -2.10. The topological polar surface area (TPSA) is 107 Å². The molecule has 5 rings (SSSR count). The van der Waals surface area contributed by atoms with Crippen molar-refractivity contribution >= 4 is 51.4 Å². The number of phenolic OH excluding ortho intramolecular Hbond substituents is 1. The highest BCUT2D eigenvalue weighted by atomic mass is 35.5. The average Bonchev–Trinajstić information content (AvgIpc) is 3.19. The molecule has 1 aromatic heterocycles. The third-order valence-corrected chi connectivity index (χ3v) is 6.84. The van der Waals surface area contributed by atoms with Crippen LogP contribution in [0, 0.1) is 0 Å². The highest BCUT2D eigenvalue weighted by Crippen LogP contribution is 2.45. The Labute approximate surface area is 234 Å². The Balaban J connectivity index is 1.65. The summed E-state index contributed by atoms with van der Waals surface area (Å²) in [5.41, 5.74) is -0.236. The van der Waals surface area contributed by atoms with Crippen LogP contribution in [-0.2, 0) is 6.18 Å². The lowest BCUT2D eigenvalue weighted by atomic mass is 10.0. The van der Waals surface area contributed by atoms with Gasteiger partial charge in [-0.1, -0.05) is 47.5 Å². The molecule has 0 saturated carbocycles. The second-order valence-electron chi connectivity index (χ2n) is 8.59. The lowest BCUT2D eigenvalue weighted by molar-refractivity contribution is -0.137. The van der Waals surface area contributed by atoms with Crippen LogP contribution in [0.1, 0.15) is 15.9 Å². The van der Waals surface area contributed by atoms with Gasteiger partial charge in [-0.25, -0.2) is 4.79 Å². The zero-order valence-corrected chi connectivity index (χ0v) is 21.5. The number of halogens is 5. The number of aromatic nitrogens is 1. The third kappa shape index (κ3) is 4.94. The number of para-hydroxylation sites is 1. The fraction of sp³-hybridized carbons (Fsp3) is 0.0357. The molecule has 40 heavy (non-hydrogen) atoms. The summed E-state index contributed by atoms with van der Waals surface area (Å²) in [5.74, 6) is -1.98. The molecule has 12 heteroatoms.